The van der Waals surface area contributed by atoms with Gasteiger partial charge in [-0.15, -0.1) is 0 Å². The van der Waals surface area contributed by atoms with Crippen LogP contribution in [0.15, 0.2) is 66.9 Å². The lowest BCUT2D eigenvalue weighted by atomic mass is 9.85. The third-order valence-electron chi connectivity index (χ3n) is 6.01. The highest BCUT2D eigenvalue weighted by atomic mass is 15.0. The van der Waals surface area contributed by atoms with Gasteiger partial charge < -0.3 is 0 Å². The van der Waals surface area contributed by atoms with Crippen LogP contribution in [0.5, 0.6) is 0 Å². The molecule has 134 valence electrons. The van der Waals surface area contributed by atoms with Crippen LogP contribution in [0, 0.1) is 0 Å². The first-order chi connectivity index (χ1) is 13.0. The molecule has 1 heteroatoms. The Morgan fingerprint density at radius 1 is 0.815 bits per heavy atom. The number of hydrogen-bond acceptors (Lipinski definition) is 0. The summed E-state index contributed by atoms with van der Waals surface area (Å²) in [5.41, 5.74) is 5.80. The quantitative estimate of drug-likeness (QED) is 0.262. The van der Waals surface area contributed by atoms with E-state index in [2.05, 4.69) is 92.2 Å². The van der Waals surface area contributed by atoms with Crippen molar-refractivity contribution in [3.05, 3.63) is 78.0 Å². The van der Waals surface area contributed by atoms with E-state index in [1.54, 1.807) is 0 Å². The molecule has 0 amide bonds. The molecule has 0 N–H and O–H groups in total. The number of pyridine rings is 1. The highest BCUT2D eigenvalue weighted by Gasteiger charge is 2.24. The van der Waals surface area contributed by atoms with Crippen molar-refractivity contribution in [2.45, 2.75) is 45.6 Å². The van der Waals surface area contributed by atoms with Gasteiger partial charge >= 0.3 is 0 Å². The van der Waals surface area contributed by atoms with Crippen molar-refractivity contribution in [2.24, 2.45) is 0 Å². The van der Waals surface area contributed by atoms with Gasteiger partial charge in [-0.3, -0.25) is 0 Å². The highest BCUT2D eigenvalue weighted by Crippen LogP contribution is 2.35. The highest BCUT2D eigenvalue weighted by molar-refractivity contribution is 6.11. The zero-order valence-corrected chi connectivity index (χ0v) is 16.4. The van der Waals surface area contributed by atoms with Gasteiger partial charge in [-0.25, -0.2) is 0 Å². The van der Waals surface area contributed by atoms with Crippen molar-refractivity contribution in [2.75, 3.05) is 0 Å². The summed E-state index contributed by atoms with van der Waals surface area (Å²) >= 11 is 0. The van der Waals surface area contributed by atoms with Crippen molar-refractivity contribution in [1.29, 1.82) is 0 Å². The lowest BCUT2D eigenvalue weighted by molar-refractivity contribution is -0.684. The molecule has 1 aliphatic rings. The molecule has 0 unspecified atom stereocenters. The third kappa shape index (κ3) is 2.65. The van der Waals surface area contributed by atoms with Gasteiger partial charge in [0, 0.05) is 23.4 Å². The second-order valence-corrected chi connectivity index (χ2v) is 8.83. The van der Waals surface area contributed by atoms with E-state index in [9.17, 15) is 0 Å². The molecule has 0 bridgehead atoms. The zero-order chi connectivity index (χ0) is 18.6. The molecule has 0 saturated heterocycles. The smallest absolute Gasteiger partial charge is 0.198 e. The Hall–Kier alpha value is -2.67. The van der Waals surface area contributed by atoms with Crippen LogP contribution in [-0.4, -0.2) is 0 Å². The standard InChI is InChI=1S/C26H26N/c1-26(2,3)20-12-10-19-11-13-23-22(24(19)17-20)14-16-27-15-6-8-18-7-4-5-9-21(18)25(23)27/h4-5,7,9-14,16-17H,6,8,15H2,1-3H3/q+1. The van der Waals surface area contributed by atoms with Gasteiger partial charge in [0.25, 0.3) is 0 Å². The van der Waals surface area contributed by atoms with E-state index in [1.165, 1.54) is 50.4 Å². The van der Waals surface area contributed by atoms with Crippen molar-refractivity contribution in [3.8, 4) is 11.3 Å². The van der Waals surface area contributed by atoms with Crippen molar-refractivity contribution in [1.82, 2.24) is 0 Å². The normalized spacial score (nSPS) is 14.0. The predicted octanol–water partition coefficient (Wildman–Crippen LogP) is 6.19. The summed E-state index contributed by atoms with van der Waals surface area (Å²) in [6.07, 6.45) is 4.64. The van der Waals surface area contributed by atoms with Gasteiger partial charge in [0.15, 0.2) is 6.20 Å². The van der Waals surface area contributed by atoms with Crippen molar-refractivity contribution < 1.29 is 4.57 Å². The number of hydrogen-bond donors (Lipinski definition) is 0. The van der Waals surface area contributed by atoms with E-state index in [0.29, 0.717) is 0 Å². The first-order valence-electron chi connectivity index (χ1n) is 10.00. The Labute approximate surface area is 161 Å². The molecule has 0 atom stereocenters. The SMILES string of the molecule is CC(C)(C)c1ccc2ccc3c4[n+](ccc3c2c1)CCCc1ccccc1-4. The monoisotopic (exact) mass is 352 g/mol. The van der Waals surface area contributed by atoms with Gasteiger partial charge in [-0.1, -0.05) is 57.2 Å². The molecule has 1 nitrogen and oxygen atoms in total. The first kappa shape index (κ1) is 16.5. The average molecular weight is 353 g/mol. The Balaban J connectivity index is 1.88. The van der Waals surface area contributed by atoms with Crippen LogP contribution in [0.4, 0.5) is 0 Å². The third-order valence-corrected chi connectivity index (χ3v) is 6.01. The minimum absolute atomic E-state index is 0.156. The summed E-state index contributed by atoms with van der Waals surface area (Å²) in [7, 11) is 0. The number of fused-ring (bicyclic) bond motifs is 7. The average Bonchev–Trinajstić information content (AvgIpc) is 2.86. The Morgan fingerprint density at radius 3 is 2.48 bits per heavy atom. The molecule has 0 saturated carbocycles. The summed E-state index contributed by atoms with van der Waals surface area (Å²) in [5, 5.41) is 5.42. The second kappa shape index (κ2) is 5.92. The predicted molar refractivity (Wildman–Crippen MR) is 114 cm³/mol. The van der Waals surface area contributed by atoms with Crippen LogP contribution in [0.1, 0.15) is 38.3 Å². The van der Waals surface area contributed by atoms with Gasteiger partial charge in [-0.2, -0.15) is 4.57 Å². The number of benzene rings is 3. The van der Waals surface area contributed by atoms with E-state index in [0.717, 1.165) is 13.0 Å². The van der Waals surface area contributed by atoms with Crippen LogP contribution in [0.25, 0.3) is 32.8 Å². The van der Waals surface area contributed by atoms with Crippen LogP contribution >= 0.6 is 0 Å². The van der Waals surface area contributed by atoms with Gasteiger partial charge in [-0.05, 0) is 51.9 Å². The number of aromatic nitrogens is 1. The minimum atomic E-state index is 0.156. The van der Waals surface area contributed by atoms with E-state index < -0.39 is 0 Å². The van der Waals surface area contributed by atoms with Crippen LogP contribution < -0.4 is 4.57 Å². The number of rotatable bonds is 0. The lowest BCUT2D eigenvalue weighted by Gasteiger charge is -2.20. The summed E-state index contributed by atoms with van der Waals surface area (Å²) in [4.78, 5) is 0. The summed E-state index contributed by atoms with van der Waals surface area (Å²) in [6, 6.07) is 22.8. The molecule has 5 rings (SSSR count). The molecular weight excluding hydrogens is 326 g/mol. The molecule has 0 radical (unpaired) electrons. The molecule has 0 fully saturated rings. The fourth-order valence-electron chi connectivity index (χ4n) is 4.48. The zero-order valence-electron chi connectivity index (χ0n) is 16.4. The molecule has 4 aromatic rings. The van der Waals surface area contributed by atoms with E-state index >= 15 is 0 Å². The molecule has 1 aromatic heterocycles. The van der Waals surface area contributed by atoms with Gasteiger partial charge in [0.2, 0.25) is 5.69 Å². The first-order valence-corrected chi connectivity index (χ1v) is 10.00. The molecule has 3 aromatic carbocycles. The topological polar surface area (TPSA) is 3.88 Å². The molecule has 0 spiro atoms. The largest absolute Gasteiger partial charge is 0.220 e. The molecular formula is C26H26N+. The number of aryl methyl sites for hydroxylation is 2. The fourth-order valence-corrected chi connectivity index (χ4v) is 4.48. The van der Waals surface area contributed by atoms with Crippen molar-refractivity contribution >= 4 is 21.5 Å². The molecule has 1 aliphatic heterocycles. The van der Waals surface area contributed by atoms with Crippen LogP contribution in [0.3, 0.4) is 0 Å². The van der Waals surface area contributed by atoms with Gasteiger partial charge in [0.1, 0.15) is 6.54 Å². The van der Waals surface area contributed by atoms with Crippen LogP contribution in [0.2, 0.25) is 0 Å². The van der Waals surface area contributed by atoms with Gasteiger partial charge in [0.05, 0.1) is 5.39 Å². The minimum Gasteiger partial charge on any atom is -0.198 e. The van der Waals surface area contributed by atoms with E-state index in [1.807, 2.05) is 0 Å². The maximum atomic E-state index is 2.45. The Morgan fingerprint density at radius 2 is 1.63 bits per heavy atom. The van der Waals surface area contributed by atoms with Crippen LogP contribution in [-0.2, 0) is 18.4 Å². The summed E-state index contributed by atoms with van der Waals surface area (Å²) in [5.74, 6) is 0. The molecule has 2 heterocycles. The Kier molecular flexibility index (Phi) is 3.62. The van der Waals surface area contributed by atoms with E-state index in [4.69, 9.17) is 0 Å². The Bertz CT molecular complexity index is 1180. The molecule has 0 aliphatic carbocycles. The van der Waals surface area contributed by atoms with Crippen molar-refractivity contribution in [3.63, 3.8) is 0 Å². The summed E-state index contributed by atoms with van der Waals surface area (Å²) in [6.45, 7) is 7.95. The summed E-state index contributed by atoms with van der Waals surface area (Å²) < 4.78 is 2.45. The van der Waals surface area contributed by atoms with E-state index in [-0.39, 0.29) is 5.41 Å². The second-order valence-electron chi connectivity index (χ2n) is 8.83. The lowest BCUT2D eigenvalue weighted by Crippen LogP contribution is -2.35. The maximum Gasteiger partial charge on any atom is 0.220 e. The molecule has 27 heavy (non-hydrogen) atoms. The maximum absolute atomic E-state index is 2.45. The fraction of sp³-hybridized carbons (Fsp3) is 0.269. The number of nitrogens with zero attached hydrogens (tertiary/aromatic N) is 1.